The molecular formula is C17H26N2O3. The second-order valence-electron chi connectivity index (χ2n) is 6.73. The minimum atomic E-state index is -0.485. The van der Waals surface area contributed by atoms with Crippen molar-refractivity contribution in [1.82, 2.24) is 4.90 Å². The van der Waals surface area contributed by atoms with E-state index in [4.69, 9.17) is 15.2 Å². The molecule has 0 spiro atoms. The number of methoxy groups -OCH3 is 1. The summed E-state index contributed by atoms with van der Waals surface area (Å²) >= 11 is 0. The Bertz CT molecular complexity index is 525. The zero-order valence-electron chi connectivity index (χ0n) is 13.8. The van der Waals surface area contributed by atoms with Gasteiger partial charge in [0, 0.05) is 25.0 Å². The van der Waals surface area contributed by atoms with Crippen LogP contribution in [0, 0.1) is 0 Å². The number of para-hydroxylation sites is 1. The molecule has 1 aromatic rings. The van der Waals surface area contributed by atoms with E-state index in [0.717, 1.165) is 17.7 Å². The van der Waals surface area contributed by atoms with Crippen LogP contribution in [0.1, 0.15) is 38.7 Å². The largest absolute Gasteiger partial charge is 0.496 e. The van der Waals surface area contributed by atoms with Crippen molar-refractivity contribution in [1.29, 1.82) is 0 Å². The van der Waals surface area contributed by atoms with Crippen molar-refractivity contribution in [3.05, 3.63) is 29.8 Å². The van der Waals surface area contributed by atoms with Gasteiger partial charge in [-0.1, -0.05) is 18.2 Å². The maximum Gasteiger partial charge on any atom is 0.410 e. The molecule has 5 heteroatoms. The van der Waals surface area contributed by atoms with Crippen LogP contribution in [0.3, 0.4) is 0 Å². The lowest BCUT2D eigenvalue weighted by Crippen LogP contribution is -2.50. The summed E-state index contributed by atoms with van der Waals surface area (Å²) in [4.78, 5) is 13.8. The molecule has 2 atom stereocenters. The number of nitrogens with zero attached hydrogens (tertiary/aromatic N) is 1. The van der Waals surface area contributed by atoms with Crippen LogP contribution >= 0.6 is 0 Å². The third-order valence-electron chi connectivity index (χ3n) is 3.85. The predicted octanol–water partition coefficient (Wildman–Crippen LogP) is 2.75. The number of amides is 1. The molecule has 0 bridgehead atoms. The number of hydrogen-bond acceptors (Lipinski definition) is 4. The van der Waals surface area contributed by atoms with Crippen LogP contribution in [0.4, 0.5) is 4.79 Å². The smallest absolute Gasteiger partial charge is 0.410 e. The summed E-state index contributed by atoms with van der Waals surface area (Å²) in [5, 5.41) is 0. The van der Waals surface area contributed by atoms with Gasteiger partial charge in [0.15, 0.2) is 0 Å². The second-order valence-corrected chi connectivity index (χ2v) is 6.73. The highest BCUT2D eigenvalue weighted by Crippen LogP contribution is 2.33. The van der Waals surface area contributed by atoms with Crippen LogP contribution in [0.25, 0.3) is 0 Å². The van der Waals surface area contributed by atoms with E-state index in [0.29, 0.717) is 13.1 Å². The Morgan fingerprint density at radius 3 is 2.59 bits per heavy atom. The third kappa shape index (κ3) is 3.91. The minimum absolute atomic E-state index is 0.127. The van der Waals surface area contributed by atoms with Gasteiger partial charge in [-0.3, -0.25) is 0 Å². The highest BCUT2D eigenvalue weighted by Gasteiger charge is 2.33. The second kappa shape index (κ2) is 6.57. The molecule has 1 aromatic carbocycles. The van der Waals surface area contributed by atoms with Gasteiger partial charge in [0.1, 0.15) is 11.4 Å². The summed E-state index contributed by atoms with van der Waals surface area (Å²) in [6, 6.07) is 7.81. The molecule has 1 saturated heterocycles. The maximum atomic E-state index is 12.1. The fourth-order valence-corrected chi connectivity index (χ4v) is 2.83. The van der Waals surface area contributed by atoms with E-state index >= 15 is 0 Å². The van der Waals surface area contributed by atoms with Gasteiger partial charge in [0.05, 0.1) is 7.11 Å². The van der Waals surface area contributed by atoms with Crippen molar-refractivity contribution < 1.29 is 14.3 Å². The molecule has 5 nitrogen and oxygen atoms in total. The van der Waals surface area contributed by atoms with Gasteiger partial charge in [-0.2, -0.15) is 0 Å². The summed E-state index contributed by atoms with van der Waals surface area (Å²) in [7, 11) is 1.67. The van der Waals surface area contributed by atoms with E-state index in [2.05, 4.69) is 0 Å². The Labute approximate surface area is 132 Å². The van der Waals surface area contributed by atoms with Crippen LogP contribution in [-0.4, -0.2) is 42.8 Å². The Morgan fingerprint density at radius 2 is 2.00 bits per heavy atom. The molecule has 0 unspecified atom stereocenters. The van der Waals surface area contributed by atoms with Gasteiger partial charge in [-0.05, 0) is 38.8 Å². The molecule has 1 amide bonds. The van der Waals surface area contributed by atoms with Gasteiger partial charge in [-0.15, -0.1) is 0 Å². The van der Waals surface area contributed by atoms with Crippen molar-refractivity contribution in [3.8, 4) is 5.75 Å². The number of likely N-dealkylation sites (tertiary alicyclic amines) is 1. The zero-order valence-corrected chi connectivity index (χ0v) is 13.8. The molecule has 1 aliphatic heterocycles. The van der Waals surface area contributed by atoms with Gasteiger partial charge in [-0.25, -0.2) is 4.79 Å². The van der Waals surface area contributed by atoms with E-state index in [1.165, 1.54) is 0 Å². The topological polar surface area (TPSA) is 64.8 Å². The number of hydrogen-bond donors (Lipinski definition) is 1. The van der Waals surface area contributed by atoms with Crippen molar-refractivity contribution in [3.63, 3.8) is 0 Å². The average molecular weight is 306 g/mol. The summed E-state index contributed by atoms with van der Waals surface area (Å²) in [5.41, 5.74) is 6.95. The summed E-state index contributed by atoms with van der Waals surface area (Å²) < 4.78 is 10.8. The van der Waals surface area contributed by atoms with Crippen molar-refractivity contribution in [2.24, 2.45) is 5.73 Å². The highest BCUT2D eigenvalue weighted by atomic mass is 16.6. The van der Waals surface area contributed by atoms with E-state index in [9.17, 15) is 4.79 Å². The third-order valence-corrected chi connectivity index (χ3v) is 3.85. The number of nitrogens with two attached hydrogens (primary N) is 1. The zero-order chi connectivity index (χ0) is 16.3. The molecule has 2 rings (SSSR count). The molecule has 2 N–H and O–H groups in total. The minimum Gasteiger partial charge on any atom is -0.496 e. The molecule has 0 radical (unpaired) electrons. The summed E-state index contributed by atoms with van der Waals surface area (Å²) in [6.45, 7) is 6.74. The van der Waals surface area contributed by atoms with E-state index < -0.39 is 5.60 Å². The fraction of sp³-hybridized carbons (Fsp3) is 0.588. The number of benzene rings is 1. The Balaban J connectivity index is 2.05. The number of piperidine rings is 1. The quantitative estimate of drug-likeness (QED) is 0.912. The maximum absolute atomic E-state index is 12.1. The SMILES string of the molecule is COc1ccccc1[C@H]1CCN(C(=O)OC(C)(C)C)C[C@H]1N. The number of ether oxygens (including phenoxy) is 2. The first-order chi connectivity index (χ1) is 10.3. The normalized spacial score (nSPS) is 22.3. The molecule has 1 heterocycles. The van der Waals surface area contributed by atoms with Crippen molar-refractivity contribution in [2.45, 2.75) is 44.8 Å². The van der Waals surface area contributed by atoms with Crippen LogP contribution in [-0.2, 0) is 4.74 Å². The molecule has 0 saturated carbocycles. The molecule has 1 fully saturated rings. The predicted molar refractivity (Wildman–Crippen MR) is 86.1 cm³/mol. The Kier molecular flexibility index (Phi) is 4.96. The molecule has 122 valence electrons. The monoisotopic (exact) mass is 306 g/mol. The van der Waals surface area contributed by atoms with Crippen LogP contribution < -0.4 is 10.5 Å². The molecule has 0 aromatic heterocycles. The Hall–Kier alpha value is -1.75. The lowest BCUT2D eigenvalue weighted by Gasteiger charge is -2.37. The first-order valence-electron chi connectivity index (χ1n) is 7.68. The van der Waals surface area contributed by atoms with Gasteiger partial charge in [0.25, 0.3) is 0 Å². The fourth-order valence-electron chi connectivity index (χ4n) is 2.83. The van der Waals surface area contributed by atoms with Crippen LogP contribution in [0.5, 0.6) is 5.75 Å². The van der Waals surface area contributed by atoms with E-state index in [1.807, 2.05) is 45.0 Å². The van der Waals surface area contributed by atoms with Crippen molar-refractivity contribution in [2.75, 3.05) is 20.2 Å². The first-order valence-corrected chi connectivity index (χ1v) is 7.68. The standard InChI is InChI=1S/C17H26N2O3/c1-17(2,3)22-16(20)19-10-9-12(14(18)11-19)13-7-5-6-8-15(13)21-4/h5-8,12,14H,9-11,18H2,1-4H3/t12-,14-/m1/s1. The highest BCUT2D eigenvalue weighted by molar-refractivity contribution is 5.68. The van der Waals surface area contributed by atoms with E-state index in [1.54, 1.807) is 12.0 Å². The van der Waals surface area contributed by atoms with Crippen LogP contribution in [0.2, 0.25) is 0 Å². The molecule has 1 aliphatic rings. The number of carbonyl (C=O) groups excluding carboxylic acids is 1. The van der Waals surface area contributed by atoms with E-state index in [-0.39, 0.29) is 18.1 Å². The van der Waals surface area contributed by atoms with Gasteiger partial charge < -0.3 is 20.1 Å². The van der Waals surface area contributed by atoms with Crippen LogP contribution in [0.15, 0.2) is 24.3 Å². The first kappa shape index (κ1) is 16.6. The summed E-state index contributed by atoms with van der Waals surface area (Å²) in [6.07, 6.45) is 0.516. The lowest BCUT2D eigenvalue weighted by atomic mass is 9.85. The molecular weight excluding hydrogens is 280 g/mol. The van der Waals surface area contributed by atoms with Gasteiger partial charge in [0.2, 0.25) is 0 Å². The number of rotatable bonds is 2. The summed E-state index contributed by atoms with van der Waals surface area (Å²) in [5.74, 6) is 1.04. The average Bonchev–Trinajstić information content (AvgIpc) is 2.45. The molecule has 22 heavy (non-hydrogen) atoms. The Morgan fingerprint density at radius 1 is 1.32 bits per heavy atom. The molecule has 0 aliphatic carbocycles. The van der Waals surface area contributed by atoms with Crippen molar-refractivity contribution >= 4 is 6.09 Å². The number of carbonyl (C=O) groups is 1. The van der Waals surface area contributed by atoms with Gasteiger partial charge >= 0.3 is 6.09 Å². The lowest BCUT2D eigenvalue weighted by molar-refractivity contribution is 0.0186.